The second kappa shape index (κ2) is 10.4. The number of ether oxygens (including phenoxy) is 2. The molecule has 184 valence electrons. The predicted octanol–water partition coefficient (Wildman–Crippen LogP) is 6.65. The summed E-state index contributed by atoms with van der Waals surface area (Å²) in [5.41, 5.74) is 9.97. The molecule has 1 aliphatic rings. The van der Waals surface area contributed by atoms with Crippen LogP contribution >= 0.6 is 11.3 Å². The maximum absolute atomic E-state index is 14.2. The number of hydrogen-bond donors (Lipinski definition) is 1. The highest BCUT2D eigenvalue weighted by Gasteiger charge is 2.24. The SMILES string of the molecule is Cc1ncc(COc2cc(F)cc(COc3ccc(-n4cc(C5CCCC5)c(N)c4C#N)cc3)c2)s1. The molecule has 0 atom stereocenters. The van der Waals surface area contributed by atoms with Gasteiger partial charge in [0.25, 0.3) is 0 Å². The molecule has 0 amide bonds. The number of nitrogen functional groups attached to an aromatic ring is 1. The third kappa shape index (κ3) is 5.21. The monoisotopic (exact) mass is 502 g/mol. The van der Waals surface area contributed by atoms with E-state index in [-0.39, 0.29) is 12.4 Å². The van der Waals surface area contributed by atoms with E-state index in [0.29, 0.717) is 41.0 Å². The van der Waals surface area contributed by atoms with Crippen molar-refractivity contribution in [2.75, 3.05) is 5.73 Å². The number of thiazole rings is 1. The van der Waals surface area contributed by atoms with Crippen LogP contribution in [0.1, 0.15) is 58.3 Å². The highest BCUT2D eigenvalue weighted by molar-refractivity contribution is 7.11. The Balaban J connectivity index is 1.26. The summed E-state index contributed by atoms with van der Waals surface area (Å²) in [5.74, 6) is 1.13. The van der Waals surface area contributed by atoms with Gasteiger partial charge >= 0.3 is 0 Å². The van der Waals surface area contributed by atoms with E-state index in [0.717, 1.165) is 34.0 Å². The van der Waals surface area contributed by atoms with Gasteiger partial charge < -0.3 is 19.8 Å². The average Bonchev–Trinajstić information content (AvgIpc) is 3.62. The number of halogens is 1. The Labute approximate surface area is 213 Å². The number of nitrogens with zero attached hydrogens (tertiary/aromatic N) is 3. The molecule has 36 heavy (non-hydrogen) atoms. The van der Waals surface area contributed by atoms with Crippen LogP contribution in [-0.4, -0.2) is 9.55 Å². The van der Waals surface area contributed by atoms with Gasteiger partial charge in [-0.15, -0.1) is 11.3 Å². The summed E-state index contributed by atoms with van der Waals surface area (Å²) in [6.45, 7) is 2.47. The zero-order valence-electron chi connectivity index (χ0n) is 20.0. The van der Waals surface area contributed by atoms with E-state index < -0.39 is 0 Å². The molecule has 8 heteroatoms. The van der Waals surface area contributed by atoms with Crippen LogP contribution in [0.4, 0.5) is 10.1 Å². The van der Waals surface area contributed by atoms with Crippen LogP contribution in [-0.2, 0) is 13.2 Å². The van der Waals surface area contributed by atoms with Crippen LogP contribution in [0.2, 0.25) is 0 Å². The topological polar surface area (TPSA) is 86.1 Å². The number of nitriles is 1. The molecule has 6 nitrogen and oxygen atoms in total. The van der Waals surface area contributed by atoms with Gasteiger partial charge in [-0.05, 0) is 73.2 Å². The van der Waals surface area contributed by atoms with E-state index in [1.807, 2.05) is 42.0 Å². The van der Waals surface area contributed by atoms with Crippen LogP contribution in [0.5, 0.6) is 11.5 Å². The molecule has 0 bridgehead atoms. The zero-order chi connectivity index (χ0) is 25.1. The van der Waals surface area contributed by atoms with Crippen LogP contribution < -0.4 is 15.2 Å². The lowest BCUT2D eigenvalue weighted by Crippen LogP contribution is -2.00. The molecule has 0 aliphatic heterocycles. The molecule has 2 heterocycles. The summed E-state index contributed by atoms with van der Waals surface area (Å²) < 4.78 is 27.7. The fourth-order valence-electron chi connectivity index (χ4n) is 4.70. The quantitative estimate of drug-likeness (QED) is 0.291. The highest BCUT2D eigenvalue weighted by atomic mass is 32.1. The van der Waals surface area contributed by atoms with Crippen molar-refractivity contribution < 1.29 is 13.9 Å². The third-order valence-corrected chi connectivity index (χ3v) is 7.36. The molecule has 0 spiro atoms. The predicted molar refractivity (Wildman–Crippen MR) is 138 cm³/mol. The van der Waals surface area contributed by atoms with Gasteiger partial charge in [-0.25, -0.2) is 9.37 Å². The first kappa shape index (κ1) is 23.9. The summed E-state index contributed by atoms with van der Waals surface area (Å²) in [4.78, 5) is 5.19. The first-order valence-corrected chi connectivity index (χ1v) is 12.8. The first-order valence-electron chi connectivity index (χ1n) is 12.0. The molecule has 2 N–H and O–H groups in total. The van der Waals surface area contributed by atoms with Gasteiger partial charge in [-0.3, -0.25) is 0 Å². The third-order valence-electron chi connectivity index (χ3n) is 6.48. The van der Waals surface area contributed by atoms with E-state index in [1.165, 1.54) is 25.0 Å². The van der Waals surface area contributed by atoms with Crippen molar-refractivity contribution in [3.8, 4) is 23.3 Å². The largest absolute Gasteiger partial charge is 0.489 e. The lowest BCUT2D eigenvalue weighted by Gasteiger charge is -2.11. The lowest BCUT2D eigenvalue weighted by atomic mass is 9.99. The van der Waals surface area contributed by atoms with Crippen molar-refractivity contribution in [2.24, 2.45) is 0 Å². The zero-order valence-corrected chi connectivity index (χ0v) is 20.9. The second-order valence-corrected chi connectivity index (χ2v) is 10.3. The molecule has 1 fully saturated rings. The van der Waals surface area contributed by atoms with E-state index in [2.05, 4.69) is 11.1 Å². The molecule has 1 aliphatic carbocycles. The number of aryl methyl sites for hydroxylation is 1. The van der Waals surface area contributed by atoms with Gasteiger partial charge in [0.1, 0.15) is 42.3 Å². The van der Waals surface area contributed by atoms with E-state index in [9.17, 15) is 9.65 Å². The van der Waals surface area contributed by atoms with E-state index >= 15 is 0 Å². The van der Waals surface area contributed by atoms with Crippen molar-refractivity contribution in [3.05, 3.63) is 87.4 Å². The van der Waals surface area contributed by atoms with Gasteiger partial charge in [0.05, 0.1) is 15.6 Å². The minimum Gasteiger partial charge on any atom is -0.489 e. The van der Waals surface area contributed by atoms with Crippen LogP contribution in [0.25, 0.3) is 5.69 Å². The summed E-state index contributed by atoms with van der Waals surface area (Å²) in [7, 11) is 0. The average molecular weight is 503 g/mol. The maximum Gasteiger partial charge on any atom is 0.148 e. The summed E-state index contributed by atoms with van der Waals surface area (Å²) in [6.07, 6.45) is 8.40. The van der Waals surface area contributed by atoms with Gasteiger partial charge in [-0.1, -0.05) is 12.8 Å². The normalized spacial score (nSPS) is 13.6. The van der Waals surface area contributed by atoms with Crippen LogP contribution in [0.15, 0.2) is 54.9 Å². The molecule has 4 aromatic rings. The summed E-state index contributed by atoms with van der Waals surface area (Å²) in [6, 6.07) is 14.3. The molecule has 0 unspecified atom stereocenters. The molecule has 2 aromatic carbocycles. The van der Waals surface area contributed by atoms with Crippen molar-refractivity contribution in [1.82, 2.24) is 9.55 Å². The molecule has 2 aromatic heterocycles. The second-order valence-electron chi connectivity index (χ2n) is 9.02. The van der Waals surface area contributed by atoms with E-state index in [4.69, 9.17) is 15.2 Å². The minimum atomic E-state index is -0.380. The number of anilines is 1. The van der Waals surface area contributed by atoms with Gasteiger partial charge in [0, 0.05) is 24.1 Å². The molecule has 0 radical (unpaired) electrons. The number of rotatable bonds is 8. The number of hydrogen-bond acceptors (Lipinski definition) is 6. The minimum absolute atomic E-state index is 0.193. The van der Waals surface area contributed by atoms with Crippen molar-refractivity contribution in [3.63, 3.8) is 0 Å². The Kier molecular flexibility index (Phi) is 6.92. The molecular weight excluding hydrogens is 475 g/mol. The van der Waals surface area contributed by atoms with Crippen LogP contribution in [0.3, 0.4) is 0 Å². The van der Waals surface area contributed by atoms with Gasteiger partial charge in [0.2, 0.25) is 0 Å². The summed E-state index contributed by atoms with van der Waals surface area (Å²) in [5, 5.41) is 10.7. The maximum atomic E-state index is 14.2. The fraction of sp³-hybridized carbons (Fsp3) is 0.286. The number of nitrogens with two attached hydrogens (primary N) is 1. The smallest absolute Gasteiger partial charge is 0.148 e. The van der Waals surface area contributed by atoms with Crippen molar-refractivity contribution in [2.45, 2.75) is 51.7 Å². The highest BCUT2D eigenvalue weighted by Crippen LogP contribution is 2.39. The van der Waals surface area contributed by atoms with Gasteiger partial charge in [0.15, 0.2) is 0 Å². The first-order chi connectivity index (χ1) is 17.5. The number of aromatic nitrogens is 2. The molecule has 5 rings (SSSR count). The van der Waals surface area contributed by atoms with Crippen LogP contribution in [0, 0.1) is 24.1 Å². The Morgan fingerprint density at radius 2 is 1.86 bits per heavy atom. The number of benzene rings is 2. The molecular formula is C28H27FN4O2S. The Morgan fingerprint density at radius 1 is 1.11 bits per heavy atom. The van der Waals surface area contributed by atoms with Crippen molar-refractivity contribution >= 4 is 17.0 Å². The standard InChI is InChI=1S/C28H27FN4O2S/c1-18-32-14-25(36-18)17-35-24-11-19(10-21(29)12-24)16-34-23-8-6-22(7-9-23)33-15-26(20-4-2-3-5-20)28(31)27(33)13-30/h6-12,14-15,20H,2-5,16-17,31H2,1H3. The Hall–Kier alpha value is -3.83. The van der Waals surface area contributed by atoms with Gasteiger partial charge in [-0.2, -0.15) is 5.26 Å². The lowest BCUT2D eigenvalue weighted by molar-refractivity contribution is 0.295. The Morgan fingerprint density at radius 3 is 2.56 bits per heavy atom. The fourth-order valence-corrected chi connectivity index (χ4v) is 5.41. The molecule has 1 saturated carbocycles. The molecule has 0 saturated heterocycles. The Bertz CT molecular complexity index is 1400. The van der Waals surface area contributed by atoms with E-state index in [1.54, 1.807) is 23.6 Å². The van der Waals surface area contributed by atoms with Crippen molar-refractivity contribution in [1.29, 1.82) is 5.26 Å². The summed E-state index contributed by atoms with van der Waals surface area (Å²) >= 11 is 1.55.